The molecule has 3 aliphatic heterocycles. The normalized spacial score (nSPS) is 19.8. The number of morpholine rings is 1. The second kappa shape index (κ2) is 17.0. The van der Waals surface area contributed by atoms with Crippen LogP contribution in [0.15, 0.2) is 67.1 Å². The molecule has 0 unspecified atom stereocenters. The fourth-order valence-electron chi connectivity index (χ4n) is 7.20. The van der Waals surface area contributed by atoms with Gasteiger partial charge in [0.05, 0.1) is 30.7 Å². The minimum absolute atomic E-state index is 0.0666. The fraction of sp³-hybridized carbons (Fsp3) is 0.421. The van der Waals surface area contributed by atoms with Crippen molar-refractivity contribution in [1.82, 2.24) is 35.1 Å². The summed E-state index contributed by atoms with van der Waals surface area (Å²) in [5, 5.41) is 14.3. The minimum Gasteiger partial charge on any atom is -0.475 e. The summed E-state index contributed by atoms with van der Waals surface area (Å²) in [4.78, 5) is 58.3. The Hall–Kier alpha value is -5.39. The lowest BCUT2D eigenvalue weighted by molar-refractivity contribution is -0.192. The minimum atomic E-state index is -5.08. The molecule has 7 rings (SSSR count). The first kappa shape index (κ1) is 39.3. The van der Waals surface area contributed by atoms with Crippen molar-refractivity contribution in [3.8, 4) is 11.3 Å². The van der Waals surface area contributed by atoms with Gasteiger partial charge in [0.15, 0.2) is 0 Å². The Kier molecular flexibility index (Phi) is 12.1. The summed E-state index contributed by atoms with van der Waals surface area (Å²) in [7, 11) is 3.85. The number of carboxylic acids is 1. The summed E-state index contributed by atoms with van der Waals surface area (Å²) < 4.78 is 37.5. The van der Waals surface area contributed by atoms with E-state index in [1.807, 2.05) is 55.4 Å². The van der Waals surface area contributed by atoms with Gasteiger partial charge in [-0.2, -0.15) is 13.2 Å². The highest BCUT2D eigenvalue weighted by Gasteiger charge is 2.39. The molecule has 2 amide bonds. The molecule has 2 bridgehead atoms. The number of pyridine rings is 1. The SMILES string of the molecule is C=C(CN(C)C)C(=O)N[C@@H]1CCCN(Cc2ccnc(C(=O)Nc3ccc(-c4cc5c(N6[C@@H]7CC[C@H]6COC7)ncnc5[nH]4)cc3)c2)C1.O=C(O)C(F)(F)F. The number of aromatic nitrogens is 4. The van der Waals surface area contributed by atoms with E-state index in [-0.39, 0.29) is 17.9 Å². The van der Waals surface area contributed by atoms with Gasteiger partial charge >= 0.3 is 12.1 Å². The molecule has 0 saturated carbocycles. The predicted octanol–water partition coefficient (Wildman–Crippen LogP) is 4.47. The van der Waals surface area contributed by atoms with Crippen molar-refractivity contribution in [3.63, 3.8) is 0 Å². The third kappa shape index (κ3) is 9.84. The maximum Gasteiger partial charge on any atom is 0.490 e. The third-order valence-electron chi connectivity index (χ3n) is 9.72. The van der Waals surface area contributed by atoms with Crippen LogP contribution in [0, 0.1) is 0 Å². The van der Waals surface area contributed by atoms with Crippen molar-refractivity contribution >= 4 is 40.3 Å². The number of likely N-dealkylation sites (N-methyl/N-ethyl adjacent to an activating group) is 1. The molecule has 3 aliphatic rings. The van der Waals surface area contributed by atoms with E-state index in [0.29, 0.717) is 42.1 Å². The molecule has 4 aromatic rings. The van der Waals surface area contributed by atoms with Crippen LogP contribution in [0.4, 0.5) is 24.7 Å². The number of amides is 2. The number of H-pyrrole nitrogens is 1. The second-order valence-electron chi connectivity index (χ2n) is 14.2. The molecule has 17 heteroatoms. The molecule has 3 atom stereocenters. The molecule has 0 aliphatic carbocycles. The van der Waals surface area contributed by atoms with E-state index in [4.69, 9.17) is 14.6 Å². The molecular formula is C38H44F3N9O5. The van der Waals surface area contributed by atoms with Gasteiger partial charge in [-0.3, -0.25) is 19.5 Å². The number of ether oxygens (including phenoxy) is 1. The molecule has 292 valence electrons. The highest BCUT2D eigenvalue weighted by Crippen LogP contribution is 2.37. The quantitative estimate of drug-likeness (QED) is 0.168. The lowest BCUT2D eigenvalue weighted by Gasteiger charge is -2.35. The number of hydrogen-bond donors (Lipinski definition) is 4. The fourth-order valence-corrected chi connectivity index (χ4v) is 7.20. The van der Waals surface area contributed by atoms with Crippen LogP contribution in [0.3, 0.4) is 0 Å². The van der Waals surface area contributed by atoms with Crippen LogP contribution < -0.4 is 15.5 Å². The number of fused-ring (bicyclic) bond motifs is 3. The van der Waals surface area contributed by atoms with Crippen molar-refractivity contribution in [2.75, 3.05) is 57.2 Å². The van der Waals surface area contributed by atoms with Crippen molar-refractivity contribution in [2.24, 2.45) is 0 Å². The summed E-state index contributed by atoms with van der Waals surface area (Å²) in [6.45, 7) is 8.29. The summed E-state index contributed by atoms with van der Waals surface area (Å²) in [5.74, 6) is -2.15. The van der Waals surface area contributed by atoms with E-state index >= 15 is 0 Å². The molecule has 4 N–H and O–H groups in total. The zero-order valence-electron chi connectivity index (χ0n) is 30.6. The molecule has 0 spiro atoms. The topological polar surface area (TPSA) is 169 Å². The smallest absolute Gasteiger partial charge is 0.475 e. The van der Waals surface area contributed by atoms with Gasteiger partial charge in [0.2, 0.25) is 5.91 Å². The average molecular weight is 764 g/mol. The number of halogens is 3. The van der Waals surface area contributed by atoms with Crippen LogP contribution in [0.1, 0.15) is 41.7 Å². The Morgan fingerprint density at radius 2 is 1.75 bits per heavy atom. The summed E-state index contributed by atoms with van der Waals surface area (Å²) >= 11 is 0. The maximum atomic E-state index is 13.2. The number of benzene rings is 1. The lowest BCUT2D eigenvalue weighted by Crippen LogP contribution is -2.48. The number of hydrogen-bond acceptors (Lipinski definition) is 10. The second-order valence-corrected chi connectivity index (χ2v) is 14.2. The van der Waals surface area contributed by atoms with Crippen LogP contribution in [0.5, 0.6) is 0 Å². The van der Waals surface area contributed by atoms with Crippen LogP contribution in [-0.4, -0.2) is 124 Å². The molecule has 3 fully saturated rings. The third-order valence-corrected chi connectivity index (χ3v) is 9.72. The molecule has 14 nitrogen and oxygen atoms in total. The van der Waals surface area contributed by atoms with E-state index in [2.05, 4.69) is 53.0 Å². The number of aliphatic carboxylic acids is 1. The van der Waals surface area contributed by atoms with Crippen LogP contribution >= 0.6 is 0 Å². The van der Waals surface area contributed by atoms with E-state index in [9.17, 15) is 22.8 Å². The van der Waals surface area contributed by atoms with E-state index < -0.39 is 12.1 Å². The molecule has 3 saturated heterocycles. The number of alkyl halides is 3. The summed E-state index contributed by atoms with van der Waals surface area (Å²) in [5.41, 5.74) is 5.34. The van der Waals surface area contributed by atoms with Crippen molar-refractivity contribution in [3.05, 3.63) is 78.4 Å². The highest BCUT2D eigenvalue weighted by atomic mass is 19.4. The molecule has 55 heavy (non-hydrogen) atoms. The van der Waals surface area contributed by atoms with Crippen molar-refractivity contribution in [2.45, 2.75) is 56.5 Å². The number of nitrogens with zero attached hydrogens (tertiary/aromatic N) is 6. The molecule has 3 aromatic heterocycles. The van der Waals surface area contributed by atoms with Gasteiger partial charge < -0.3 is 35.3 Å². The van der Waals surface area contributed by atoms with Crippen LogP contribution in [0.25, 0.3) is 22.3 Å². The Morgan fingerprint density at radius 1 is 1.04 bits per heavy atom. The van der Waals surface area contributed by atoms with Crippen LogP contribution in [-0.2, 0) is 20.9 Å². The van der Waals surface area contributed by atoms with E-state index in [1.165, 1.54) is 0 Å². The zero-order chi connectivity index (χ0) is 39.3. The first-order valence-electron chi connectivity index (χ1n) is 18.0. The van der Waals surface area contributed by atoms with E-state index in [1.54, 1.807) is 12.5 Å². The Labute approximate surface area is 315 Å². The zero-order valence-corrected chi connectivity index (χ0v) is 30.6. The van der Waals surface area contributed by atoms with Crippen molar-refractivity contribution < 1.29 is 37.4 Å². The number of nitrogens with one attached hydrogen (secondary N) is 3. The predicted molar refractivity (Wildman–Crippen MR) is 199 cm³/mol. The van der Waals surface area contributed by atoms with Gasteiger partial charge in [-0.15, -0.1) is 0 Å². The Balaban J connectivity index is 0.000000672. The number of likely N-dealkylation sites (tertiary alicyclic amines) is 1. The van der Waals surface area contributed by atoms with Gasteiger partial charge in [0.1, 0.15) is 23.5 Å². The van der Waals surface area contributed by atoms with Gasteiger partial charge in [0, 0.05) is 48.8 Å². The molecule has 1 aromatic carbocycles. The highest BCUT2D eigenvalue weighted by molar-refractivity contribution is 6.03. The largest absolute Gasteiger partial charge is 0.490 e. The monoisotopic (exact) mass is 763 g/mol. The number of piperidine rings is 1. The van der Waals surface area contributed by atoms with Gasteiger partial charge in [-0.05, 0) is 87.8 Å². The van der Waals surface area contributed by atoms with Gasteiger partial charge in [0.25, 0.3) is 5.91 Å². The maximum absolute atomic E-state index is 13.2. The first-order valence-corrected chi connectivity index (χ1v) is 18.0. The van der Waals surface area contributed by atoms with Gasteiger partial charge in [-0.25, -0.2) is 14.8 Å². The molecule has 0 radical (unpaired) electrons. The number of aromatic amines is 1. The molecular weight excluding hydrogens is 719 g/mol. The summed E-state index contributed by atoms with van der Waals surface area (Å²) in [6, 6.07) is 14.4. The van der Waals surface area contributed by atoms with Crippen molar-refractivity contribution in [1.29, 1.82) is 0 Å². The van der Waals surface area contributed by atoms with Gasteiger partial charge in [-0.1, -0.05) is 18.7 Å². The number of carboxylic acid groups (broad SMARTS) is 1. The number of carbonyl (C=O) groups is 3. The average Bonchev–Trinajstić information content (AvgIpc) is 3.69. The number of rotatable bonds is 10. The first-order chi connectivity index (χ1) is 26.2. The lowest BCUT2D eigenvalue weighted by atomic mass is 10.0. The van der Waals surface area contributed by atoms with Crippen LogP contribution in [0.2, 0.25) is 0 Å². The number of anilines is 2. The Bertz CT molecular complexity index is 2000. The summed E-state index contributed by atoms with van der Waals surface area (Å²) in [6.07, 6.45) is 2.39. The standard InChI is InChI=1S/C36H43N9O3.C2HF3O2/c1-23(17-43(2)3)35(46)41-27-5-4-14-44(19-27)18-24-12-13-37-32(15-24)36(47)40-26-8-6-25(7-9-26)31-16-30-33(42-31)38-22-39-34(30)45-28-10-11-29(45)21-48-20-28;3-2(4,5)1(6)7/h6-9,12-13,15-16,22,27-29H,1,4-5,10-11,14,17-21H2,2-3H3,(H,40,47)(H,41,46)(H,38,39,42);(H,6,7)/t27-,28-,29+;/m1./s1. The molecule has 6 heterocycles. The van der Waals surface area contributed by atoms with E-state index in [0.717, 1.165) is 85.7 Å². The number of carbonyl (C=O) groups excluding carboxylic acids is 2. The Morgan fingerprint density at radius 3 is 2.42 bits per heavy atom.